The van der Waals surface area contributed by atoms with E-state index in [1.54, 1.807) is 6.07 Å². The number of hydrazine groups is 1. The lowest BCUT2D eigenvalue weighted by atomic mass is 9.98. The minimum Gasteiger partial charge on any atom is -0.489 e. The highest BCUT2D eigenvalue weighted by atomic mass is 19.4. The van der Waals surface area contributed by atoms with Gasteiger partial charge >= 0.3 is 12.3 Å². The van der Waals surface area contributed by atoms with E-state index in [0.29, 0.717) is 11.6 Å². The minimum atomic E-state index is -4.36. The van der Waals surface area contributed by atoms with Gasteiger partial charge in [-0.25, -0.2) is 15.6 Å². The van der Waals surface area contributed by atoms with E-state index in [1.807, 2.05) is 6.07 Å². The Labute approximate surface area is 198 Å². The highest BCUT2D eigenvalue weighted by Gasteiger charge is 2.31. The number of halogens is 3. The Morgan fingerprint density at radius 3 is 2.41 bits per heavy atom. The van der Waals surface area contributed by atoms with Crippen molar-refractivity contribution in [2.24, 2.45) is 11.6 Å². The molecule has 1 aromatic heterocycles. The van der Waals surface area contributed by atoms with Crippen LogP contribution < -0.4 is 16.3 Å². The number of carbonyl (C=O) groups is 1. The number of nitrogens with zero attached hydrogens (tertiary/aromatic N) is 3. The SMILES string of the molecule is CN(CCC(F)(F)F)C(=O)OC/C(=C(/N)c1ccc(OC2CCCCC2)c(C2CC2)n1)N(C)N. The topological polar surface area (TPSA) is 107 Å². The normalized spacial score (nSPS) is 17.7. The smallest absolute Gasteiger partial charge is 0.409 e. The van der Waals surface area contributed by atoms with E-state index in [2.05, 4.69) is 0 Å². The lowest BCUT2D eigenvalue weighted by Gasteiger charge is -2.25. The van der Waals surface area contributed by atoms with Crippen LogP contribution in [0.2, 0.25) is 0 Å². The molecule has 0 atom stereocenters. The van der Waals surface area contributed by atoms with Gasteiger partial charge in [-0.1, -0.05) is 6.42 Å². The molecule has 190 valence electrons. The van der Waals surface area contributed by atoms with Crippen LogP contribution in [-0.4, -0.2) is 60.5 Å². The molecule has 0 bridgehead atoms. The summed E-state index contributed by atoms with van der Waals surface area (Å²) in [6, 6.07) is 3.63. The summed E-state index contributed by atoms with van der Waals surface area (Å²) in [4.78, 5) is 17.7. The molecular weight excluding hydrogens is 451 g/mol. The van der Waals surface area contributed by atoms with E-state index in [-0.39, 0.29) is 24.1 Å². The number of amides is 1. The van der Waals surface area contributed by atoms with Crippen molar-refractivity contribution in [3.63, 3.8) is 0 Å². The molecule has 0 unspecified atom stereocenters. The van der Waals surface area contributed by atoms with Crippen LogP contribution in [0.4, 0.5) is 18.0 Å². The second-order valence-corrected chi connectivity index (χ2v) is 9.04. The molecule has 0 saturated heterocycles. The molecule has 0 aromatic carbocycles. The molecule has 34 heavy (non-hydrogen) atoms. The monoisotopic (exact) mass is 485 g/mol. The van der Waals surface area contributed by atoms with Crippen LogP contribution in [0.15, 0.2) is 17.8 Å². The summed E-state index contributed by atoms with van der Waals surface area (Å²) in [5, 5.41) is 1.21. The van der Waals surface area contributed by atoms with Crippen molar-refractivity contribution in [3.05, 3.63) is 29.2 Å². The first kappa shape index (κ1) is 25.9. The zero-order valence-corrected chi connectivity index (χ0v) is 19.7. The fourth-order valence-electron chi connectivity index (χ4n) is 3.87. The second-order valence-electron chi connectivity index (χ2n) is 9.04. The Morgan fingerprint density at radius 2 is 1.82 bits per heavy atom. The van der Waals surface area contributed by atoms with E-state index in [1.165, 1.54) is 38.4 Å². The molecule has 4 N–H and O–H groups in total. The number of likely N-dealkylation sites (N-methyl/N-ethyl adjacent to an activating group) is 1. The van der Waals surface area contributed by atoms with E-state index >= 15 is 0 Å². The van der Waals surface area contributed by atoms with E-state index in [4.69, 9.17) is 26.0 Å². The summed E-state index contributed by atoms with van der Waals surface area (Å²) in [6.07, 6.45) is 1.54. The molecule has 2 aliphatic carbocycles. The Bertz CT molecular complexity index is 881. The maximum absolute atomic E-state index is 12.4. The van der Waals surface area contributed by atoms with Gasteiger partial charge in [0.2, 0.25) is 0 Å². The Morgan fingerprint density at radius 1 is 1.15 bits per heavy atom. The summed E-state index contributed by atoms with van der Waals surface area (Å²) in [6.45, 7) is -0.821. The van der Waals surface area contributed by atoms with Crippen LogP contribution in [0.25, 0.3) is 5.70 Å². The molecule has 2 aliphatic rings. The molecule has 11 heteroatoms. The molecule has 1 heterocycles. The molecule has 1 amide bonds. The van der Waals surface area contributed by atoms with Crippen LogP contribution >= 0.6 is 0 Å². The maximum atomic E-state index is 12.4. The number of ether oxygens (including phenoxy) is 2. The average molecular weight is 486 g/mol. The molecule has 0 spiro atoms. The first-order valence-corrected chi connectivity index (χ1v) is 11.6. The lowest BCUT2D eigenvalue weighted by molar-refractivity contribution is -0.136. The van der Waals surface area contributed by atoms with Gasteiger partial charge in [-0.05, 0) is 50.7 Å². The van der Waals surface area contributed by atoms with Crippen LogP contribution in [0.1, 0.15) is 68.7 Å². The van der Waals surface area contributed by atoms with Crippen molar-refractivity contribution < 1.29 is 27.4 Å². The van der Waals surface area contributed by atoms with Crippen molar-refractivity contribution in [1.29, 1.82) is 0 Å². The van der Waals surface area contributed by atoms with E-state index in [9.17, 15) is 18.0 Å². The Balaban J connectivity index is 1.72. The molecule has 0 aliphatic heterocycles. The number of nitrogens with two attached hydrogens (primary N) is 2. The van der Waals surface area contributed by atoms with Crippen molar-refractivity contribution in [3.8, 4) is 5.75 Å². The summed E-state index contributed by atoms with van der Waals surface area (Å²) >= 11 is 0. The largest absolute Gasteiger partial charge is 0.489 e. The number of aromatic nitrogens is 1. The fourth-order valence-corrected chi connectivity index (χ4v) is 3.87. The van der Waals surface area contributed by atoms with E-state index in [0.717, 1.165) is 42.0 Å². The number of pyridine rings is 1. The summed E-state index contributed by atoms with van der Waals surface area (Å²) in [5.74, 6) is 7.01. The number of rotatable bonds is 9. The van der Waals surface area contributed by atoms with Gasteiger partial charge in [0.05, 0.1) is 35.3 Å². The number of hydrogen-bond donors (Lipinski definition) is 2. The first-order chi connectivity index (χ1) is 16.0. The highest BCUT2D eigenvalue weighted by Crippen LogP contribution is 2.44. The molecular formula is C23H34F3N5O3. The summed E-state index contributed by atoms with van der Waals surface area (Å²) < 4.78 is 48.6. The summed E-state index contributed by atoms with van der Waals surface area (Å²) in [5.41, 5.74) is 8.20. The highest BCUT2D eigenvalue weighted by molar-refractivity contribution is 5.68. The fraction of sp³-hybridized carbons (Fsp3) is 0.652. The third-order valence-electron chi connectivity index (χ3n) is 6.08. The van der Waals surface area contributed by atoms with Gasteiger partial charge in [-0.15, -0.1) is 0 Å². The molecule has 2 saturated carbocycles. The van der Waals surface area contributed by atoms with Crippen molar-refractivity contribution >= 4 is 11.8 Å². The Kier molecular flexibility index (Phi) is 8.51. The zero-order chi connectivity index (χ0) is 24.9. The number of carbonyl (C=O) groups excluding carboxylic acids is 1. The third kappa shape index (κ3) is 7.41. The van der Waals surface area contributed by atoms with Gasteiger partial charge in [0, 0.05) is 26.6 Å². The molecule has 8 nitrogen and oxygen atoms in total. The predicted octanol–water partition coefficient (Wildman–Crippen LogP) is 4.12. The number of hydrogen-bond acceptors (Lipinski definition) is 7. The minimum absolute atomic E-state index is 0.200. The molecule has 3 rings (SSSR count). The van der Waals surface area contributed by atoms with Crippen molar-refractivity contribution in [2.45, 2.75) is 69.6 Å². The van der Waals surface area contributed by atoms with Gasteiger partial charge in [-0.2, -0.15) is 13.2 Å². The molecule has 1 aromatic rings. The standard InChI is InChI=1S/C23H34F3N5O3/c1-30(13-12-23(24,25)26)22(32)33-14-18(31(2)28)20(27)17-10-11-19(21(29-17)15-8-9-15)34-16-6-4-3-5-7-16/h10-11,15-16H,3-9,12-14,27-28H2,1-2H3/b20-18-. The van der Waals surface area contributed by atoms with Crippen molar-refractivity contribution in [2.75, 3.05) is 27.2 Å². The van der Waals surface area contributed by atoms with Gasteiger partial charge in [-0.3, -0.25) is 0 Å². The number of alkyl halides is 3. The van der Waals surface area contributed by atoms with Crippen LogP contribution in [0, 0.1) is 0 Å². The predicted molar refractivity (Wildman–Crippen MR) is 121 cm³/mol. The van der Waals surface area contributed by atoms with Crippen LogP contribution in [0.5, 0.6) is 5.75 Å². The third-order valence-corrected chi connectivity index (χ3v) is 6.08. The average Bonchev–Trinajstić information content (AvgIpc) is 3.63. The van der Waals surface area contributed by atoms with Crippen molar-refractivity contribution in [1.82, 2.24) is 14.9 Å². The lowest BCUT2D eigenvalue weighted by Crippen LogP contribution is -2.35. The zero-order valence-electron chi connectivity index (χ0n) is 19.7. The van der Waals surface area contributed by atoms with Gasteiger partial charge in [0.25, 0.3) is 0 Å². The molecule has 0 radical (unpaired) electrons. The van der Waals surface area contributed by atoms with Gasteiger partial charge in [0.15, 0.2) is 0 Å². The van der Waals surface area contributed by atoms with Crippen LogP contribution in [-0.2, 0) is 4.74 Å². The maximum Gasteiger partial charge on any atom is 0.409 e. The summed E-state index contributed by atoms with van der Waals surface area (Å²) in [7, 11) is 2.77. The van der Waals surface area contributed by atoms with Crippen LogP contribution in [0.3, 0.4) is 0 Å². The van der Waals surface area contributed by atoms with E-state index < -0.39 is 25.2 Å². The first-order valence-electron chi connectivity index (χ1n) is 11.6. The van der Waals surface area contributed by atoms with Gasteiger partial charge < -0.3 is 25.1 Å². The second kappa shape index (κ2) is 11.2. The van der Waals surface area contributed by atoms with Gasteiger partial charge in [0.1, 0.15) is 12.4 Å². The quantitative estimate of drug-likeness (QED) is 0.400. The molecule has 2 fully saturated rings. The Hall–Kier alpha value is -2.69.